The van der Waals surface area contributed by atoms with Gasteiger partial charge in [0.2, 0.25) is 0 Å². The van der Waals surface area contributed by atoms with Crippen LogP contribution in [0.1, 0.15) is 71.9 Å². The van der Waals surface area contributed by atoms with E-state index < -0.39 is 15.9 Å². The number of halogens is 1. The SMILES string of the molecule is CCc1ccc(S(=O)(=O)NC(=O)c2ccc3nc(C)n(Cc4ccc(COC5CCCCC5)cc4Cl)c3c2)cc1. The highest BCUT2D eigenvalue weighted by atomic mass is 35.5. The van der Waals surface area contributed by atoms with Crippen LogP contribution in [0.25, 0.3) is 11.0 Å². The topological polar surface area (TPSA) is 90.3 Å². The Bertz CT molecular complexity index is 1620. The molecule has 1 saturated carbocycles. The third-order valence-electron chi connectivity index (χ3n) is 7.55. The van der Waals surface area contributed by atoms with Crippen molar-refractivity contribution in [2.24, 2.45) is 0 Å². The Morgan fingerprint density at radius 2 is 1.75 bits per heavy atom. The number of benzene rings is 3. The lowest BCUT2D eigenvalue weighted by molar-refractivity contribution is 0.0169. The van der Waals surface area contributed by atoms with E-state index in [0.717, 1.165) is 47.3 Å². The lowest BCUT2D eigenvalue weighted by Crippen LogP contribution is -2.30. The Labute approximate surface area is 240 Å². The van der Waals surface area contributed by atoms with Gasteiger partial charge in [0, 0.05) is 10.6 Å². The molecule has 210 valence electrons. The van der Waals surface area contributed by atoms with Crippen molar-refractivity contribution in [2.75, 3.05) is 0 Å². The van der Waals surface area contributed by atoms with Gasteiger partial charge in [0.1, 0.15) is 5.82 Å². The van der Waals surface area contributed by atoms with Crippen LogP contribution in [0, 0.1) is 6.92 Å². The van der Waals surface area contributed by atoms with Crippen LogP contribution >= 0.6 is 11.6 Å². The van der Waals surface area contributed by atoms with E-state index in [1.54, 1.807) is 30.3 Å². The van der Waals surface area contributed by atoms with Crippen LogP contribution < -0.4 is 4.72 Å². The molecule has 1 heterocycles. The summed E-state index contributed by atoms with van der Waals surface area (Å²) in [5.74, 6) is 0.0594. The first-order valence-electron chi connectivity index (χ1n) is 13.8. The number of hydrogen-bond donors (Lipinski definition) is 1. The zero-order valence-electron chi connectivity index (χ0n) is 22.8. The molecule has 0 spiro atoms. The van der Waals surface area contributed by atoms with Gasteiger partial charge in [-0.3, -0.25) is 4.79 Å². The second kappa shape index (κ2) is 12.1. The quantitative estimate of drug-likeness (QED) is 0.242. The molecular formula is C31H34ClN3O4S. The maximum absolute atomic E-state index is 13.0. The second-order valence-electron chi connectivity index (χ2n) is 10.4. The van der Waals surface area contributed by atoms with Crippen molar-refractivity contribution >= 4 is 38.6 Å². The van der Waals surface area contributed by atoms with Crippen molar-refractivity contribution in [3.63, 3.8) is 0 Å². The smallest absolute Gasteiger partial charge is 0.265 e. The Morgan fingerprint density at radius 1 is 1.02 bits per heavy atom. The number of carbonyl (C=O) groups excluding carboxylic acids is 1. The number of fused-ring (bicyclic) bond motifs is 1. The number of nitrogens with zero attached hydrogens (tertiary/aromatic N) is 2. The molecule has 40 heavy (non-hydrogen) atoms. The van der Waals surface area contributed by atoms with Gasteiger partial charge >= 0.3 is 0 Å². The molecule has 0 unspecified atom stereocenters. The molecular weight excluding hydrogens is 546 g/mol. The summed E-state index contributed by atoms with van der Waals surface area (Å²) < 4.78 is 35.9. The number of hydrogen-bond acceptors (Lipinski definition) is 5. The summed E-state index contributed by atoms with van der Waals surface area (Å²) >= 11 is 6.68. The van der Waals surface area contributed by atoms with Crippen molar-refractivity contribution in [3.05, 3.63) is 93.8 Å². The van der Waals surface area contributed by atoms with E-state index in [0.29, 0.717) is 29.8 Å². The summed E-state index contributed by atoms with van der Waals surface area (Å²) in [5.41, 5.74) is 4.62. The van der Waals surface area contributed by atoms with Gasteiger partial charge in [0.05, 0.1) is 35.2 Å². The largest absolute Gasteiger partial charge is 0.374 e. The summed E-state index contributed by atoms with van der Waals surface area (Å²) in [6.07, 6.45) is 7.12. The third-order valence-corrected chi connectivity index (χ3v) is 9.25. The molecule has 1 aliphatic carbocycles. The molecule has 0 bridgehead atoms. The van der Waals surface area contributed by atoms with E-state index in [4.69, 9.17) is 16.3 Å². The van der Waals surface area contributed by atoms with Gasteiger partial charge in [-0.25, -0.2) is 18.1 Å². The van der Waals surface area contributed by atoms with Crippen molar-refractivity contribution in [1.29, 1.82) is 0 Å². The zero-order valence-corrected chi connectivity index (χ0v) is 24.4. The van der Waals surface area contributed by atoms with E-state index >= 15 is 0 Å². The summed E-state index contributed by atoms with van der Waals surface area (Å²) in [7, 11) is -4.01. The number of rotatable bonds is 9. The first-order chi connectivity index (χ1) is 19.2. The minimum absolute atomic E-state index is 0.0437. The van der Waals surface area contributed by atoms with Gasteiger partial charge in [-0.1, -0.05) is 62.1 Å². The van der Waals surface area contributed by atoms with Gasteiger partial charge in [0.25, 0.3) is 15.9 Å². The molecule has 1 fully saturated rings. The third kappa shape index (κ3) is 6.40. The van der Waals surface area contributed by atoms with E-state index in [9.17, 15) is 13.2 Å². The summed E-state index contributed by atoms with van der Waals surface area (Å²) in [6, 6.07) is 17.5. The van der Waals surface area contributed by atoms with Crippen LogP contribution in [0.2, 0.25) is 5.02 Å². The molecule has 0 atom stereocenters. The van der Waals surface area contributed by atoms with Gasteiger partial charge in [-0.15, -0.1) is 0 Å². The highest BCUT2D eigenvalue weighted by molar-refractivity contribution is 7.90. The van der Waals surface area contributed by atoms with Crippen LogP contribution in [0.15, 0.2) is 65.6 Å². The van der Waals surface area contributed by atoms with Crippen LogP contribution in [-0.4, -0.2) is 30.0 Å². The molecule has 4 aromatic rings. The highest BCUT2D eigenvalue weighted by Gasteiger charge is 2.20. The number of aromatic nitrogens is 2. The van der Waals surface area contributed by atoms with Crippen LogP contribution in [0.5, 0.6) is 0 Å². The van der Waals surface area contributed by atoms with Crippen LogP contribution in [0.4, 0.5) is 0 Å². The van der Waals surface area contributed by atoms with E-state index in [1.807, 2.05) is 36.6 Å². The van der Waals surface area contributed by atoms with Gasteiger partial charge in [-0.2, -0.15) is 0 Å². The average molecular weight is 580 g/mol. The van der Waals surface area contributed by atoms with Crippen molar-refractivity contribution in [3.8, 4) is 0 Å². The molecule has 0 radical (unpaired) electrons. The average Bonchev–Trinajstić information content (AvgIpc) is 3.27. The fourth-order valence-corrected chi connectivity index (χ4v) is 6.39. The highest BCUT2D eigenvalue weighted by Crippen LogP contribution is 2.26. The molecule has 9 heteroatoms. The fourth-order valence-electron chi connectivity index (χ4n) is 5.15. The van der Waals surface area contributed by atoms with Crippen LogP contribution in [0.3, 0.4) is 0 Å². The molecule has 5 rings (SSSR count). The monoisotopic (exact) mass is 579 g/mol. The predicted molar refractivity (Wildman–Crippen MR) is 157 cm³/mol. The van der Waals surface area contributed by atoms with Gasteiger partial charge in [-0.05, 0) is 79.3 Å². The number of sulfonamides is 1. The first-order valence-corrected chi connectivity index (χ1v) is 15.6. The standard InChI is InChI=1S/C31H34ClN3O4S/c1-3-22-10-14-27(15-11-22)40(37,38)34-31(36)24-13-16-29-30(18-24)35(21(2)33-29)19-25-12-9-23(17-28(25)32)20-39-26-7-5-4-6-8-26/h9-18,26H,3-8,19-20H2,1-2H3,(H,34,36). The number of nitrogens with one attached hydrogen (secondary N) is 1. The maximum atomic E-state index is 13.0. The van der Waals surface area contributed by atoms with Crippen molar-refractivity contribution < 1.29 is 17.9 Å². The Hall–Kier alpha value is -3.20. The number of amides is 1. The van der Waals surface area contributed by atoms with E-state index in [2.05, 4.69) is 9.71 Å². The Kier molecular flexibility index (Phi) is 8.59. The number of aryl methyl sites for hydroxylation is 2. The molecule has 7 nitrogen and oxygen atoms in total. The minimum atomic E-state index is -4.01. The fraction of sp³-hybridized carbons (Fsp3) is 0.355. The Balaban J connectivity index is 1.32. The molecule has 0 aliphatic heterocycles. The number of carbonyl (C=O) groups is 1. The van der Waals surface area contributed by atoms with Crippen LogP contribution in [-0.2, 0) is 34.3 Å². The normalized spacial score (nSPS) is 14.5. The van der Waals surface area contributed by atoms with Gasteiger partial charge < -0.3 is 9.30 Å². The summed E-state index contributed by atoms with van der Waals surface area (Å²) in [4.78, 5) is 17.7. The van der Waals surface area contributed by atoms with Crippen molar-refractivity contribution in [2.45, 2.75) is 76.5 Å². The molecule has 1 aliphatic rings. The Morgan fingerprint density at radius 3 is 2.45 bits per heavy atom. The maximum Gasteiger partial charge on any atom is 0.265 e. The number of ether oxygens (including phenoxy) is 1. The minimum Gasteiger partial charge on any atom is -0.374 e. The predicted octanol–water partition coefficient (Wildman–Crippen LogP) is 6.58. The second-order valence-corrected chi connectivity index (χ2v) is 12.5. The lowest BCUT2D eigenvalue weighted by Gasteiger charge is -2.22. The van der Waals surface area contributed by atoms with E-state index in [-0.39, 0.29) is 10.5 Å². The van der Waals surface area contributed by atoms with E-state index in [1.165, 1.54) is 31.4 Å². The first kappa shape index (κ1) is 28.3. The zero-order chi connectivity index (χ0) is 28.3. The lowest BCUT2D eigenvalue weighted by atomic mass is 9.98. The molecule has 3 aromatic carbocycles. The van der Waals surface area contributed by atoms with Gasteiger partial charge in [0.15, 0.2) is 0 Å². The molecule has 1 aromatic heterocycles. The molecule has 0 saturated heterocycles. The van der Waals surface area contributed by atoms with Crippen molar-refractivity contribution in [1.82, 2.24) is 14.3 Å². The summed E-state index contributed by atoms with van der Waals surface area (Å²) in [6.45, 7) is 4.88. The number of imidazole rings is 1. The molecule has 1 N–H and O–H groups in total. The molecule has 1 amide bonds. The summed E-state index contributed by atoms with van der Waals surface area (Å²) in [5, 5.41) is 0.639.